The van der Waals surface area contributed by atoms with Gasteiger partial charge in [-0.25, -0.2) is 8.78 Å². The number of halogens is 2. The summed E-state index contributed by atoms with van der Waals surface area (Å²) in [7, 11) is 0. The summed E-state index contributed by atoms with van der Waals surface area (Å²) in [5.41, 5.74) is 0.0304. The zero-order valence-corrected chi connectivity index (χ0v) is 11.6. The van der Waals surface area contributed by atoms with Gasteiger partial charge in [0.15, 0.2) is 0 Å². The molecule has 2 rings (SSSR count). The largest absolute Gasteiger partial charge is 0.353 e. The molecule has 1 amide bonds. The molecule has 110 valence electrons. The number of carbonyl (C=O) groups is 1. The Balaban J connectivity index is 1.85. The molecule has 0 saturated carbocycles. The summed E-state index contributed by atoms with van der Waals surface area (Å²) in [4.78, 5) is 11.8. The fourth-order valence-electron chi connectivity index (χ4n) is 2.57. The van der Waals surface area contributed by atoms with Crippen LogP contribution in [0.1, 0.15) is 25.3 Å². The second kappa shape index (κ2) is 6.79. The lowest BCUT2D eigenvalue weighted by atomic mass is 10.0. The van der Waals surface area contributed by atoms with Gasteiger partial charge in [-0.2, -0.15) is 0 Å². The molecule has 1 aromatic rings. The van der Waals surface area contributed by atoms with Gasteiger partial charge < -0.3 is 10.6 Å². The van der Waals surface area contributed by atoms with Crippen molar-refractivity contribution in [3.8, 4) is 0 Å². The molecule has 2 unspecified atom stereocenters. The minimum absolute atomic E-state index is 0.0304. The van der Waals surface area contributed by atoms with Crippen LogP contribution in [0.5, 0.6) is 0 Å². The van der Waals surface area contributed by atoms with Crippen molar-refractivity contribution in [1.29, 1.82) is 0 Å². The SMILES string of the molecule is CC(Cc1c(F)cccc1F)NC(=O)CC1CCNC1. The number of amides is 1. The predicted molar refractivity (Wildman–Crippen MR) is 73.3 cm³/mol. The zero-order valence-electron chi connectivity index (χ0n) is 11.6. The molecular weight excluding hydrogens is 262 g/mol. The highest BCUT2D eigenvalue weighted by Crippen LogP contribution is 2.15. The number of rotatable bonds is 5. The highest BCUT2D eigenvalue weighted by molar-refractivity contribution is 5.76. The van der Waals surface area contributed by atoms with Gasteiger partial charge in [-0.15, -0.1) is 0 Å². The van der Waals surface area contributed by atoms with Crippen LogP contribution in [0.4, 0.5) is 8.78 Å². The van der Waals surface area contributed by atoms with Gasteiger partial charge in [0.25, 0.3) is 0 Å². The molecule has 20 heavy (non-hydrogen) atoms. The van der Waals surface area contributed by atoms with Crippen LogP contribution >= 0.6 is 0 Å². The Kier molecular flexibility index (Phi) is 5.06. The van der Waals surface area contributed by atoms with E-state index in [1.807, 2.05) is 0 Å². The fourth-order valence-corrected chi connectivity index (χ4v) is 2.57. The number of hydrogen-bond acceptors (Lipinski definition) is 2. The summed E-state index contributed by atoms with van der Waals surface area (Å²) < 4.78 is 27.0. The molecule has 5 heteroatoms. The molecule has 1 saturated heterocycles. The van der Waals surface area contributed by atoms with Gasteiger partial charge in [-0.3, -0.25) is 4.79 Å². The lowest BCUT2D eigenvalue weighted by Gasteiger charge is -2.16. The molecule has 0 bridgehead atoms. The van der Waals surface area contributed by atoms with E-state index in [1.165, 1.54) is 18.2 Å². The van der Waals surface area contributed by atoms with Crippen LogP contribution in [-0.2, 0) is 11.2 Å². The Bertz CT molecular complexity index is 453. The summed E-state index contributed by atoms with van der Waals surface area (Å²) in [6, 6.07) is 3.52. The van der Waals surface area contributed by atoms with E-state index >= 15 is 0 Å². The predicted octanol–water partition coefficient (Wildman–Crippen LogP) is 2.01. The maximum atomic E-state index is 13.5. The third-order valence-corrected chi connectivity index (χ3v) is 3.62. The van der Waals surface area contributed by atoms with Crippen molar-refractivity contribution >= 4 is 5.91 Å². The number of nitrogens with one attached hydrogen (secondary N) is 2. The monoisotopic (exact) mass is 282 g/mol. The average molecular weight is 282 g/mol. The van der Waals surface area contributed by atoms with Crippen molar-refractivity contribution in [3.63, 3.8) is 0 Å². The first-order chi connectivity index (χ1) is 9.56. The van der Waals surface area contributed by atoms with Crippen LogP contribution in [-0.4, -0.2) is 25.0 Å². The van der Waals surface area contributed by atoms with Gasteiger partial charge in [0.1, 0.15) is 11.6 Å². The highest BCUT2D eigenvalue weighted by atomic mass is 19.1. The Morgan fingerprint density at radius 1 is 1.45 bits per heavy atom. The third-order valence-electron chi connectivity index (χ3n) is 3.62. The minimum Gasteiger partial charge on any atom is -0.353 e. The molecule has 1 heterocycles. The summed E-state index contributed by atoms with van der Waals surface area (Å²) >= 11 is 0. The summed E-state index contributed by atoms with van der Waals surface area (Å²) in [5, 5.41) is 6.02. The van der Waals surface area contributed by atoms with Crippen molar-refractivity contribution in [3.05, 3.63) is 35.4 Å². The molecule has 0 spiro atoms. The van der Waals surface area contributed by atoms with E-state index < -0.39 is 11.6 Å². The lowest BCUT2D eigenvalue weighted by molar-refractivity contribution is -0.122. The quantitative estimate of drug-likeness (QED) is 0.867. The minimum atomic E-state index is -0.564. The molecule has 1 aromatic carbocycles. The van der Waals surface area contributed by atoms with E-state index in [0.717, 1.165) is 19.5 Å². The van der Waals surface area contributed by atoms with E-state index in [2.05, 4.69) is 10.6 Å². The molecule has 0 radical (unpaired) electrons. The van der Waals surface area contributed by atoms with Crippen molar-refractivity contribution < 1.29 is 13.6 Å². The molecule has 1 aliphatic rings. The lowest BCUT2D eigenvalue weighted by Crippen LogP contribution is -2.35. The van der Waals surface area contributed by atoms with Crippen LogP contribution in [0.15, 0.2) is 18.2 Å². The molecule has 1 aliphatic heterocycles. The van der Waals surface area contributed by atoms with Crippen molar-refractivity contribution in [1.82, 2.24) is 10.6 Å². The Hall–Kier alpha value is -1.49. The van der Waals surface area contributed by atoms with Crippen molar-refractivity contribution in [2.24, 2.45) is 5.92 Å². The second-order valence-electron chi connectivity index (χ2n) is 5.44. The van der Waals surface area contributed by atoms with E-state index in [9.17, 15) is 13.6 Å². The Morgan fingerprint density at radius 2 is 2.15 bits per heavy atom. The van der Waals surface area contributed by atoms with Crippen molar-refractivity contribution in [2.75, 3.05) is 13.1 Å². The van der Waals surface area contributed by atoms with Gasteiger partial charge in [0, 0.05) is 18.0 Å². The van der Waals surface area contributed by atoms with Gasteiger partial charge in [-0.05, 0) is 50.9 Å². The topological polar surface area (TPSA) is 41.1 Å². The number of hydrogen-bond donors (Lipinski definition) is 2. The van der Waals surface area contributed by atoms with Gasteiger partial charge in [-0.1, -0.05) is 6.07 Å². The third kappa shape index (κ3) is 4.00. The fraction of sp³-hybridized carbons (Fsp3) is 0.533. The summed E-state index contributed by atoms with van der Waals surface area (Å²) in [6.45, 7) is 3.58. The van der Waals surface area contributed by atoms with Gasteiger partial charge in [0.2, 0.25) is 5.91 Å². The van der Waals surface area contributed by atoms with E-state index in [0.29, 0.717) is 12.3 Å². The molecule has 0 aromatic heterocycles. The van der Waals surface area contributed by atoms with Gasteiger partial charge >= 0.3 is 0 Å². The van der Waals surface area contributed by atoms with Crippen molar-refractivity contribution in [2.45, 2.75) is 32.2 Å². The zero-order chi connectivity index (χ0) is 14.5. The van der Waals surface area contributed by atoms with Gasteiger partial charge in [0.05, 0.1) is 0 Å². The smallest absolute Gasteiger partial charge is 0.220 e. The first-order valence-corrected chi connectivity index (χ1v) is 6.99. The highest BCUT2D eigenvalue weighted by Gasteiger charge is 2.20. The summed E-state index contributed by atoms with van der Waals surface area (Å²) in [6.07, 6.45) is 1.63. The molecule has 2 N–H and O–H groups in total. The Morgan fingerprint density at radius 3 is 2.75 bits per heavy atom. The van der Waals surface area contributed by atoms with Crippen LogP contribution in [0.3, 0.4) is 0 Å². The van der Waals surface area contributed by atoms with Crippen LogP contribution in [0.25, 0.3) is 0 Å². The van der Waals surface area contributed by atoms with E-state index in [-0.39, 0.29) is 23.9 Å². The number of carbonyl (C=O) groups excluding carboxylic acids is 1. The van der Waals surface area contributed by atoms with E-state index in [4.69, 9.17) is 0 Å². The molecule has 0 aliphatic carbocycles. The summed E-state index contributed by atoms with van der Waals surface area (Å²) in [5.74, 6) is -0.812. The first kappa shape index (κ1) is 14.9. The standard InChI is InChI=1S/C15H20F2N2O/c1-10(7-12-13(16)3-2-4-14(12)17)19-15(20)8-11-5-6-18-9-11/h2-4,10-11,18H,5-9H2,1H3,(H,19,20). The second-order valence-corrected chi connectivity index (χ2v) is 5.44. The molecule has 2 atom stereocenters. The Labute approximate surface area is 117 Å². The van der Waals surface area contributed by atoms with Crippen LogP contribution < -0.4 is 10.6 Å². The molecule has 3 nitrogen and oxygen atoms in total. The maximum Gasteiger partial charge on any atom is 0.220 e. The van der Waals surface area contributed by atoms with Crippen LogP contribution in [0, 0.1) is 17.6 Å². The molecule has 1 fully saturated rings. The average Bonchev–Trinajstić information content (AvgIpc) is 2.86. The van der Waals surface area contributed by atoms with E-state index in [1.54, 1.807) is 6.92 Å². The van der Waals surface area contributed by atoms with Crippen LogP contribution in [0.2, 0.25) is 0 Å². The first-order valence-electron chi connectivity index (χ1n) is 6.99. The maximum absolute atomic E-state index is 13.5. The normalized spacial score (nSPS) is 19.9. The molecular formula is C15H20F2N2O. The number of benzene rings is 1.